The van der Waals surface area contributed by atoms with E-state index in [-0.39, 0.29) is 11.0 Å². The number of H-pyrrole nitrogens is 2. The second kappa shape index (κ2) is 4.61. The molecule has 0 saturated carbocycles. The number of nitrogens with one attached hydrogen (secondary N) is 2. The molecule has 0 spiro atoms. The molecule has 0 unspecified atom stereocenters. The fourth-order valence-corrected chi connectivity index (χ4v) is 1.97. The number of aromatic amines is 2. The number of nitrogens with zero attached hydrogens (tertiary/aromatic N) is 2. The van der Waals surface area contributed by atoms with Crippen LogP contribution in [0.15, 0.2) is 51.0 Å². The Kier molecular flexibility index (Phi) is 2.79. The van der Waals surface area contributed by atoms with E-state index in [1.165, 1.54) is 10.9 Å². The molecule has 2 aromatic heterocycles. The van der Waals surface area contributed by atoms with Crippen molar-refractivity contribution in [1.29, 1.82) is 0 Å². The van der Waals surface area contributed by atoms with E-state index in [2.05, 4.69) is 9.97 Å². The van der Waals surface area contributed by atoms with Crippen molar-refractivity contribution in [2.45, 2.75) is 6.54 Å². The van der Waals surface area contributed by atoms with E-state index in [0.717, 1.165) is 5.56 Å². The van der Waals surface area contributed by atoms with Gasteiger partial charge in [0, 0.05) is 0 Å². The standard InChI is InChI=1S/C13H10N4O3/c18-11-9-10(15-13(20)16-11)12(19)17(7-14-9)6-8-4-2-1-3-5-8/h1-5,7H,6H2,(H2,15,16,18,20). The molecule has 0 aliphatic rings. The number of fused-ring (bicyclic) bond motifs is 1. The van der Waals surface area contributed by atoms with Gasteiger partial charge in [0.2, 0.25) is 0 Å². The molecule has 0 fully saturated rings. The molecule has 7 heteroatoms. The molecular weight excluding hydrogens is 260 g/mol. The minimum atomic E-state index is -0.723. The fourth-order valence-electron chi connectivity index (χ4n) is 1.97. The van der Waals surface area contributed by atoms with Gasteiger partial charge in [-0.25, -0.2) is 9.78 Å². The van der Waals surface area contributed by atoms with Crippen LogP contribution in [0, 0.1) is 0 Å². The van der Waals surface area contributed by atoms with Gasteiger partial charge in [0.25, 0.3) is 11.1 Å². The number of rotatable bonds is 2. The summed E-state index contributed by atoms with van der Waals surface area (Å²) in [6.07, 6.45) is 1.30. The molecule has 3 rings (SSSR count). The van der Waals surface area contributed by atoms with Crippen molar-refractivity contribution in [2.75, 3.05) is 0 Å². The lowest BCUT2D eigenvalue weighted by atomic mass is 10.2. The first-order chi connectivity index (χ1) is 9.65. The zero-order chi connectivity index (χ0) is 14.1. The maximum absolute atomic E-state index is 12.2. The molecule has 0 atom stereocenters. The maximum Gasteiger partial charge on any atom is 0.326 e. The Morgan fingerprint density at radius 1 is 1.05 bits per heavy atom. The first kappa shape index (κ1) is 12.1. The summed E-state index contributed by atoms with van der Waals surface area (Å²) in [5.41, 5.74) is -1.09. The van der Waals surface area contributed by atoms with Crippen LogP contribution >= 0.6 is 0 Å². The third-order valence-corrected chi connectivity index (χ3v) is 2.91. The van der Waals surface area contributed by atoms with Gasteiger partial charge >= 0.3 is 5.69 Å². The molecule has 2 heterocycles. The third kappa shape index (κ3) is 2.05. The van der Waals surface area contributed by atoms with Crippen molar-refractivity contribution in [2.24, 2.45) is 0 Å². The van der Waals surface area contributed by atoms with Gasteiger partial charge in [-0.3, -0.25) is 19.1 Å². The molecule has 3 aromatic rings. The van der Waals surface area contributed by atoms with Gasteiger partial charge in [0.1, 0.15) is 5.52 Å². The highest BCUT2D eigenvalue weighted by Crippen LogP contribution is 2.01. The van der Waals surface area contributed by atoms with Crippen LogP contribution in [-0.2, 0) is 6.54 Å². The summed E-state index contributed by atoms with van der Waals surface area (Å²) in [5, 5.41) is 0. The molecular formula is C13H10N4O3. The van der Waals surface area contributed by atoms with Gasteiger partial charge < -0.3 is 4.98 Å². The summed E-state index contributed by atoms with van der Waals surface area (Å²) >= 11 is 0. The maximum atomic E-state index is 12.2. The van der Waals surface area contributed by atoms with Gasteiger partial charge in [0.05, 0.1) is 12.9 Å². The fraction of sp³-hybridized carbons (Fsp3) is 0.0769. The summed E-state index contributed by atoms with van der Waals surface area (Å²) in [6, 6.07) is 9.35. The zero-order valence-corrected chi connectivity index (χ0v) is 10.3. The minimum Gasteiger partial charge on any atom is -0.301 e. The van der Waals surface area contributed by atoms with Gasteiger partial charge in [0.15, 0.2) is 5.52 Å². The van der Waals surface area contributed by atoms with Crippen molar-refractivity contribution in [3.63, 3.8) is 0 Å². The molecule has 0 amide bonds. The smallest absolute Gasteiger partial charge is 0.301 e. The van der Waals surface area contributed by atoms with Crippen molar-refractivity contribution in [1.82, 2.24) is 19.5 Å². The Morgan fingerprint density at radius 3 is 2.55 bits per heavy atom. The topological polar surface area (TPSA) is 101 Å². The van der Waals surface area contributed by atoms with Crippen LogP contribution in [0.2, 0.25) is 0 Å². The van der Waals surface area contributed by atoms with E-state index in [4.69, 9.17) is 0 Å². The van der Waals surface area contributed by atoms with Crippen LogP contribution < -0.4 is 16.8 Å². The molecule has 0 saturated heterocycles. The molecule has 0 bridgehead atoms. The highest BCUT2D eigenvalue weighted by Gasteiger charge is 2.08. The molecule has 7 nitrogen and oxygen atoms in total. The first-order valence-electron chi connectivity index (χ1n) is 5.91. The molecule has 1 aromatic carbocycles. The second-order valence-corrected chi connectivity index (χ2v) is 4.30. The van der Waals surface area contributed by atoms with Gasteiger partial charge in [-0.1, -0.05) is 30.3 Å². The van der Waals surface area contributed by atoms with Crippen LogP contribution in [0.3, 0.4) is 0 Å². The predicted molar refractivity (Wildman–Crippen MR) is 72.8 cm³/mol. The van der Waals surface area contributed by atoms with E-state index < -0.39 is 16.8 Å². The predicted octanol–water partition coefficient (Wildman–Crippen LogP) is -0.179. The van der Waals surface area contributed by atoms with Crippen LogP contribution in [0.1, 0.15) is 5.56 Å². The molecule has 2 N–H and O–H groups in total. The normalized spacial score (nSPS) is 10.8. The lowest BCUT2D eigenvalue weighted by Gasteiger charge is -2.05. The Balaban J connectivity index is 2.19. The number of hydrogen-bond acceptors (Lipinski definition) is 4. The van der Waals surface area contributed by atoms with Crippen LogP contribution in [0.4, 0.5) is 0 Å². The van der Waals surface area contributed by atoms with Gasteiger partial charge in [-0.15, -0.1) is 0 Å². The summed E-state index contributed by atoms with van der Waals surface area (Å²) < 4.78 is 1.34. The SMILES string of the molecule is O=c1[nH]c(=O)c2ncn(Cc3ccccc3)c(=O)c2[nH]1. The number of hydrogen-bond donors (Lipinski definition) is 2. The van der Waals surface area contributed by atoms with Crippen molar-refractivity contribution < 1.29 is 0 Å². The average Bonchev–Trinajstić information content (AvgIpc) is 2.43. The minimum absolute atomic E-state index is 0.0705. The Morgan fingerprint density at radius 2 is 1.80 bits per heavy atom. The van der Waals surface area contributed by atoms with E-state index in [0.29, 0.717) is 6.54 Å². The molecule has 0 aliphatic heterocycles. The summed E-state index contributed by atoms with van der Waals surface area (Å²) in [5.74, 6) is 0. The monoisotopic (exact) mass is 270 g/mol. The first-order valence-corrected chi connectivity index (χ1v) is 5.91. The van der Waals surface area contributed by atoms with Gasteiger partial charge in [-0.2, -0.15) is 0 Å². The second-order valence-electron chi connectivity index (χ2n) is 4.30. The van der Waals surface area contributed by atoms with Crippen LogP contribution in [0.25, 0.3) is 11.0 Å². The van der Waals surface area contributed by atoms with Crippen LogP contribution in [-0.4, -0.2) is 19.5 Å². The van der Waals surface area contributed by atoms with E-state index in [1.54, 1.807) is 0 Å². The highest BCUT2D eigenvalue weighted by atomic mass is 16.2. The molecule has 0 radical (unpaired) electrons. The highest BCUT2D eigenvalue weighted by molar-refractivity contribution is 5.70. The Bertz CT molecular complexity index is 937. The lowest BCUT2D eigenvalue weighted by Crippen LogP contribution is -2.30. The van der Waals surface area contributed by atoms with E-state index in [9.17, 15) is 14.4 Å². The average molecular weight is 270 g/mol. The van der Waals surface area contributed by atoms with Crippen molar-refractivity contribution in [3.05, 3.63) is 73.4 Å². The van der Waals surface area contributed by atoms with Gasteiger partial charge in [-0.05, 0) is 5.56 Å². The quantitative estimate of drug-likeness (QED) is 0.674. The summed E-state index contributed by atoms with van der Waals surface area (Å²) in [6.45, 7) is 0.317. The molecule has 0 aliphatic carbocycles. The molecule has 20 heavy (non-hydrogen) atoms. The summed E-state index contributed by atoms with van der Waals surface area (Å²) in [4.78, 5) is 43.3. The van der Waals surface area contributed by atoms with E-state index >= 15 is 0 Å². The number of aromatic nitrogens is 4. The Hall–Kier alpha value is -2.96. The summed E-state index contributed by atoms with van der Waals surface area (Å²) in [7, 11) is 0. The van der Waals surface area contributed by atoms with E-state index in [1.807, 2.05) is 35.3 Å². The zero-order valence-electron chi connectivity index (χ0n) is 10.3. The largest absolute Gasteiger partial charge is 0.326 e. The molecule has 100 valence electrons. The number of benzene rings is 1. The van der Waals surface area contributed by atoms with Crippen molar-refractivity contribution >= 4 is 11.0 Å². The lowest BCUT2D eigenvalue weighted by molar-refractivity contribution is 0.743. The van der Waals surface area contributed by atoms with Crippen molar-refractivity contribution in [3.8, 4) is 0 Å². The third-order valence-electron chi connectivity index (χ3n) is 2.91. The van der Waals surface area contributed by atoms with Crippen LogP contribution in [0.5, 0.6) is 0 Å². The Labute approximate surface area is 111 Å².